The number of carbonyl (C=O) groups excluding carboxylic acids is 1. The Bertz CT molecular complexity index is 2210. The van der Waals surface area contributed by atoms with Crippen LogP contribution < -0.4 is 38.3 Å². The van der Waals surface area contributed by atoms with Crippen LogP contribution in [0.25, 0.3) is 28.6 Å². The van der Waals surface area contributed by atoms with Crippen molar-refractivity contribution in [1.82, 2.24) is 20.2 Å². The summed E-state index contributed by atoms with van der Waals surface area (Å²) in [4.78, 5) is 20.2. The van der Waals surface area contributed by atoms with Crippen molar-refractivity contribution in [1.29, 1.82) is 0 Å². The highest BCUT2D eigenvalue weighted by Gasteiger charge is 2.32. The van der Waals surface area contributed by atoms with Crippen molar-refractivity contribution in [2.75, 3.05) is 59.6 Å². The van der Waals surface area contributed by atoms with E-state index in [9.17, 15) is 9.90 Å². The summed E-state index contributed by atoms with van der Waals surface area (Å²) in [5.74, 6) is 4.23. The van der Waals surface area contributed by atoms with Gasteiger partial charge in [-0.1, -0.05) is 78.8 Å². The number of phenols is 1. The quantitative estimate of drug-likeness (QED) is 0.0365. The van der Waals surface area contributed by atoms with E-state index in [1.54, 1.807) is 19.2 Å². The summed E-state index contributed by atoms with van der Waals surface area (Å²) in [5.41, 5.74) is 31.1. The Labute approximate surface area is 420 Å². The molecule has 3 aromatic carbocycles. The monoisotopic (exact) mass is 966 g/mol. The number of nitrogens with two attached hydrogens (primary N) is 4. The summed E-state index contributed by atoms with van der Waals surface area (Å²) in [6, 6.07) is 19.4. The van der Waals surface area contributed by atoms with Gasteiger partial charge in [0.2, 0.25) is 0 Å². The second kappa shape index (κ2) is 32.6. The van der Waals surface area contributed by atoms with Gasteiger partial charge >= 0.3 is 6.09 Å². The molecule has 1 amide bonds. The van der Waals surface area contributed by atoms with Crippen LogP contribution in [0.5, 0.6) is 11.5 Å². The molecule has 12 N–H and O–H groups in total. The van der Waals surface area contributed by atoms with E-state index in [-0.39, 0.29) is 24.4 Å². The maximum absolute atomic E-state index is 10.4. The van der Waals surface area contributed by atoms with Crippen LogP contribution in [0.15, 0.2) is 98.5 Å². The lowest BCUT2D eigenvalue weighted by atomic mass is 9.92. The summed E-state index contributed by atoms with van der Waals surface area (Å²) in [6.45, 7) is 27.8. The Morgan fingerprint density at radius 3 is 2.36 bits per heavy atom. The maximum atomic E-state index is 10.4. The molecular formula is C56H87N9O5. The Morgan fingerprint density at radius 2 is 1.77 bits per heavy atom. The van der Waals surface area contributed by atoms with Crippen molar-refractivity contribution in [2.24, 2.45) is 46.6 Å². The van der Waals surface area contributed by atoms with E-state index < -0.39 is 6.09 Å². The number of hydrogen-bond acceptors (Lipinski definition) is 12. The number of methoxy groups -OCH3 is 2. The number of primary amides is 1. The molecule has 6 rings (SSSR count). The number of nitrogens with zero attached hydrogens (tertiary/aromatic N) is 2. The van der Waals surface area contributed by atoms with Gasteiger partial charge in [0.25, 0.3) is 0 Å². The number of H-pyrrole nitrogens is 1. The van der Waals surface area contributed by atoms with Gasteiger partial charge in [-0.05, 0) is 135 Å². The second-order valence-electron chi connectivity index (χ2n) is 18.2. The number of aromatic nitrogens is 2. The summed E-state index contributed by atoms with van der Waals surface area (Å²) >= 11 is 0. The normalized spacial score (nSPS) is 15.5. The Kier molecular flexibility index (Phi) is 27.9. The first kappa shape index (κ1) is 59.9. The molecule has 14 heteroatoms. The summed E-state index contributed by atoms with van der Waals surface area (Å²) in [6.07, 6.45) is 13.2. The molecule has 386 valence electrons. The van der Waals surface area contributed by atoms with Crippen LogP contribution in [0.3, 0.4) is 0 Å². The van der Waals surface area contributed by atoms with Gasteiger partial charge in [-0.25, -0.2) is 9.78 Å². The average Bonchev–Trinajstić information content (AvgIpc) is 4.06. The fourth-order valence-electron chi connectivity index (χ4n) is 8.38. The van der Waals surface area contributed by atoms with Gasteiger partial charge in [0.15, 0.2) is 6.73 Å². The Hall–Kier alpha value is -6.22. The number of ether oxygens (including phenoxy) is 3. The van der Waals surface area contributed by atoms with Gasteiger partial charge in [0, 0.05) is 61.4 Å². The number of aromatic hydroxyl groups is 1. The standard InChI is InChI=1S/C37H43N7O2.C10H23N.C5H12O.C2H5NO2.C2H4/c1-22(2)31(18-38)23(3)44-13-5-8-35(44)37-41-20-34(43-37)26-9-11-29-30(24-6-4-7-28(45)15-24)16-27-14-25(32(40)19-39)10-12-33(27)42-21-46-36(29)17-26;1-9(2)8-10(3)6-5-7-11-4;1-3-4-5-6-2;1-5-2(3)4;1-2/h4,6-7,9-12,14-17,19-20,22,31,35,42,45H,3,5,8,13,18,21,38-40H2,1-2H3,(H,41,43);9-11H,5-8H2,1-4H3;3-5H2,1-2H3;1H3,(H2,3,4);1-2H2/b30-16+,32-19-;;;;. The molecule has 0 spiro atoms. The van der Waals surface area contributed by atoms with E-state index >= 15 is 0 Å². The van der Waals surface area contributed by atoms with Crippen LogP contribution >= 0.6 is 0 Å². The van der Waals surface area contributed by atoms with E-state index in [1.165, 1.54) is 52.0 Å². The zero-order chi connectivity index (χ0) is 52.2. The molecule has 0 aliphatic carbocycles. The number of unbranched alkanes of at least 4 members (excludes halogenated alkanes) is 1. The van der Waals surface area contributed by atoms with Gasteiger partial charge in [0.05, 0.1) is 30.7 Å². The lowest BCUT2D eigenvalue weighted by molar-refractivity contribution is 0.182. The van der Waals surface area contributed by atoms with Crippen molar-refractivity contribution < 1.29 is 24.1 Å². The largest absolute Gasteiger partial charge is 0.508 e. The zero-order valence-electron chi connectivity index (χ0n) is 43.8. The van der Waals surface area contributed by atoms with Crippen LogP contribution in [0.4, 0.5) is 10.5 Å². The molecule has 2 aliphatic rings. The smallest absolute Gasteiger partial charge is 0.404 e. The number of nitrogens with one attached hydrogen (secondary N) is 3. The minimum Gasteiger partial charge on any atom is -0.508 e. The van der Waals surface area contributed by atoms with E-state index in [4.69, 9.17) is 31.7 Å². The van der Waals surface area contributed by atoms with Crippen LogP contribution in [-0.2, 0) is 9.47 Å². The minimum atomic E-state index is -0.745. The fraction of sp³-hybridized carbons (Fsp3) is 0.464. The molecule has 1 aromatic heterocycles. The molecule has 0 bridgehead atoms. The number of anilines is 1. The third-order valence-corrected chi connectivity index (χ3v) is 12.0. The first-order valence-electron chi connectivity index (χ1n) is 24.6. The lowest BCUT2D eigenvalue weighted by Gasteiger charge is -2.33. The summed E-state index contributed by atoms with van der Waals surface area (Å²) in [7, 11) is 4.98. The van der Waals surface area contributed by atoms with Gasteiger partial charge in [0.1, 0.15) is 17.3 Å². The third-order valence-electron chi connectivity index (χ3n) is 12.0. The number of carbonyl (C=O) groups is 1. The van der Waals surface area contributed by atoms with Crippen LogP contribution in [0.2, 0.25) is 0 Å². The molecule has 2 aliphatic heterocycles. The van der Waals surface area contributed by atoms with Gasteiger partial charge in [-0.15, -0.1) is 13.2 Å². The first-order chi connectivity index (χ1) is 33.6. The Morgan fingerprint density at radius 1 is 1.04 bits per heavy atom. The lowest BCUT2D eigenvalue weighted by Crippen LogP contribution is -2.33. The highest BCUT2D eigenvalue weighted by molar-refractivity contribution is 5.96. The number of rotatable bonds is 17. The molecular weight excluding hydrogens is 879 g/mol. The van der Waals surface area contributed by atoms with Crippen molar-refractivity contribution in [3.05, 3.63) is 127 Å². The highest BCUT2D eigenvalue weighted by Crippen LogP contribution is 2.41. The number of fused-ring (bicyclic) bond motifs is 2. The van der Waals surface area contributed by atoms with Crippen LogP contribution in [-0.4, -0.2) is 80.3 Å². The average molecular weight is 966 g/mol. The number of hydrogen-bond donors (Lipinski definition) is 8. The van der Waals surface area contributed by atoms with Crippen LogP contribution in [0.1, 0.15) is 121 Å². The summed E-state index contributed by atoms with van der Waals surface area (Å²) in [5, 5.41) is 17.0. The third kappa shape index (κ3) is 19.3. The predicted octanol–water partition coefficient (Wildman–Crippen LogP) is 10.8. The summed E-state index contributed by atoms with van der Waals surface area (Å²) < 4.78 is 15.1. The molecule has 1 saturated heterocycles. The number of likely N-dealkylation sites (tertiary alicyclic amines) is 1. The van der Waals surface area contributed by atoms with Crippen molar-refractivity contribution in [3.63, 3.8) is 0 Å². The number of amides is 1. The molecule has 14 nitrogen and oxygen atoms in total. The van der Waals surface area contributed by atoms with Gasteiger partial charge in [-0.3, -0.25) is 0 Å². The van der Waals surface area contributed by atoms with E-state index in [2.05, 4.69) is 110 Å². The molecule has 1 fully saturated rings. The number of phenolic OH excluding ortho intramolecular Hbond substituents is 1. The van der Waals surface area contributed by atoms with Crippen molar-refractivity contribution >= 4 is 29.1 Å². The maximum Gasteiger partial charge on any atom is 0.404 e. The molecule has 0 radical (unpaired) electrons. The molecule has 3 atom stereocenters. The fourth-order valence-corrected chi connectivity index (χ4v) is 8.38. The number of benzene rings is 3. The molecule has 70 heavy (non-hydrogen) atoms. The van der Waals surface area contributed by atoms with Crippen molar-refractivity contribution in [2.45, 2.75) is 92.5 Å². The topological polar surface area (TPSA) is 225 Å². The molecule has 0 saturated carbocycles. The van der Waals surface area contributed by atoms with Crippen molar-refractivity contribution in [3.8, 4) is 22.8 Å². The van der Waals surface area contributed by atoms with Gasteiger partial charge in [-0.2, -0.15) is 0 Å². The molecule has 4 aromatic rings. The SMILES string of the molecule is C=C.C=C(C(CN)C(C)C)N1CCCC1c1ncc(-c2ccc3c(c2)OCNc2ccc(/C(N)=C/N)cc2/C=C/3c2cccc(O)c2)[nH]1.CCCCOC.CNCCCC(C)CC(C)C.COC(N)=O. The molecule has 3 heterocycles. The van der Waals surface area contributed by atoms with E-state index in [1.807, 2.05) is 49.6 Å². The minimum absolute atomic E-state index is 0.134. The van der Waals surface area contributed by atoms with Gasteiger partial charge < -0.3 is 62.8 Å². The van der Waals surface area contributed by atoms with E-state index in [0.29, 0.717) is 23.9 Å². The number of imidazole rings is 1. The Balaban J connectivity index is 0.000000580. The van der Waals surface area contributed by atoms with E-state index in [0.717, 1.165) is 94.1 Å². The van der Waals surface area contributed by atoms with Crippen LogP contribution in [0, 0.1) is 23.7 Å². The second-order valence-corrected chi connectivity index (χ2v) is 18.2. The highest BCUT2D eigenvalue weighted by atomic mass is 16.5. The predicted molar refractivity (Wildman–Crippen MR) is 293 cm³/mol. The first-order valence-corrected chi connectivity index (χ1v) is 24.6. The number of aromatic amines is 1. The zero-order valence-corrected chi connectivity index (χ0v) is 43.8. The molecule has 3 unspecified atom stereocenters.